The summed E-state index contributed by atoms with van der Waals surface area (Å²) in [7, 11) is 1.45. The average molecular weight is 331 g/mol. The van der Waals surface area contributed by atoms with Crippen LogP contribution in [0.15, 0.2) is 36.4 Å². The molecule has 126 valence electrons. The van der Waals surface area contributed by atoms with Crippen LogP contribution in [0.2, 0.25) is 0 Å². The number of hydrogen-bond donors (Lipinski definition) is 1. The number of aromatic nitrogens is 1. The van der Waals surface area contributed by atoms with E-state index < -0.39 is 5.82 Å². The van der Waals surface area contributed by atoms with Gasteiger partial charge in [-0.15, -0.1) is 0 Å². The number of nitrogen functional groups attached to an aromatic ring is 1. The zero-order chi connectivity index (χ0) is 17.1. The van der Waals surface area contributed by atoms with Crippen molar-refractivity contribution in [3.63, 3.8) is 0 Å². The van der Waals surface area contributed by atoms with Gasteiger partial charge in [0.15, 0.2) is 0 Å². The van der Waals surface area contributed by atoms with Crippen molar-refractivity contribution in [1.82, 2.24) is 9.88 Å². The Bertz CT molecular complexity index is 754. The summed E-state index contributed by atoms with van der Waals surface area (Å²) in [5.41, 5.74) is 6.56. The Morgan fingerprint density at radius 2 is 2.25 bits per heavy atom. The van der Waals surface area contributed by atoms with E-state index in [2.05, 4.69) is 4.98 Å². The lowest BCUT2D eigenvalue weighted by molar-refractivity contribution is -0.0247. The molecule has 0 aliphatic carbocycles. The van der Waals surface area contributed by atoms with Crippen LogP contribution in [0.4, 0.5) is 10.2 Å². The van der Waals surface area contributed by atoms with E-state index in [0.717, 1.165) is 0 Å². The smallest absolute Gasteiger partial charge is 0.257 e. The molecule has 1 unspecified atom stereocenters. The molecule has 1 saturated heterocycles. The van der Waals surface area contributed by atoms with E-state index in [1.54, 1.807) is 23.1 Å². The largest absolute Gasteiger partial charge is 0.496 e. The number of halogens is 1. The monoisotopic (exact) mass is 331 g/mol. The third kappa shape index (κ3) is 3.30. The first-order valence-electron chi connectivity index (χ1n) is 7.55. The molecule has 1 aromatic heterocycles. The molecule has 2 aromatic rings. The van der Waals surface area contributed by atoms with Gasteiger partial charge in [0.25, 0.3) is 5.91 Å². The second-order valence-electron chi connectivity index (χ2n) is 5.44. The predicted molar refractivity (Wildman–Crippen MR) is 86.2 cm³/mol. The van der Waals surface area contributed by atoms with Crippen molar-refractivity contribution in [3.8, 4) is 5.75 Å². The van der Waals surface area contributed by atoms with Crippen LogP contribution in [0.5, 0.6) is 5.75 Å². The number of carbonyl (C=O) groups is 1. The van der Waals surface area contributed by atoms with Crippen LogP contribution in [0.25, 0.3) is 0 Å². The van der Waals surface area contributed by atoms with E-state index in [-0.39, 0.29) is 17.6 Å². The van der Waals surface area contributed by atoms with Gasteiger partial charge in [0.05, 0.1) is 31.5 Å². The first kappa shape index (κ1) is 16.2. The quantitative estimate of drug-likeness (QED) is 0.931. The highest BCUT2D eigenvalue weighted by Gasteiger charge is 2.28. The predicted octanol–water partition coefficient (Wildman–Crippen LogP) is 2.03. The summed E-state index contributed by atoms with van der Waals surface area (Å²) in [6.45, 7) is 1.09. The number of benzene rings is 1. The van der Waals surface area contributed by atoms with Crippen molar-refractivity contribution in [2.75, 3.05) is 32.5 Å². The maximum atomic E-state index is 13.5. The molecule has 0 bridgehead atoms. The molecule has 1 aliphatic rings. The molecule has 2 N–H and O–H groups in total. The van der Waals surface area contributed by atoms with E-state index in [9.17, 15) is 9.18 Å². The lowest BCUT2D eigenvalue weighted by Crippen LogP contribution is -2.42. The number of nitrogens with zero attached hydrogens (tertiary/aromatic N) is 2. The number of carbonyl (C=O) groups excluding carboxylic acids is 1. The Labute approximate surface area is 139 Å². The van der Waals surface area contributed by atoms with Crippen LogP contribution in [0.1, 0.15) is 22.2 Å². The van der Waals surface area contributed by atoms with Crippen LogP contribution >= 0.6 is 0 Å². The Hall–Kier alpha value is -2.67. The first-order chi connectivity index (χ1) is 11.6. The highest BCUT2D eigenvalue weighted by Crippen LogP contribution is 2.26. The van der Waals surface area contributed by atoms with Gasteiger partial charge in [-0.3, -0.25) is 4.79 Å². The van der Waals surface area contributed by atoms with Crippen molar-refractivity contribution < 1.29 is 18.7 Å². The molecule has 0 radical (unpaired) electrons. The van der Waals surface area contributed by atoms with Crippen LogP contribution < -0.4 is 10.5 Å². The Balaban J connectivity index is 1.82. The summed E-state index contributed by atoms with van der Waals surface area (Å²) >= 11 is 0. The van der Waals surface area contributed by atoms with Crippen molar-refractivity contribution in [3.05, 3.63) is 53.5 Å². The fourth-order valence-electron chi connectivity index (χ4n) is 2.68. The summed E-state index contributed by atoms with van der Waals surface area (Å²) in [6, 6.07) is 9.17. The van der Waals surface area contributed by atoms with Gasteiger partial charge in [-0.2, -0.15) is 0 Å². The Kier molecular flexibility index (Phi) is 4.61. The SMILES string of the molecule is COc1ccc(F)cc1C(=O)N1CCOC(c2cccc(N)n2)C1. The van der Waals surface area contributed by atoms with E-state index in [1.165, 1.54) is 25.3 Å². The van der Waals surface area contributed by atoms with E-state index in [1.807, 2.05) is 0 Å². The lowest BCUT2D eigenvalue weighted by Gasteiger charge is -2.33. The standard InChI is InChI=1S/C17H18FN3O3/c1-23-14-6-5-11(18)9-12(14)17(22)21-7-8-24-15(10-21)13-3-2-4-16(19)20-13/h2-6,9,15H,7-8,10H2,1H3,(H2,19,20). The third-order valence-electron chi connectivity index (χ3n) is 3.87. The molecule has 7 heteroatoms. The fourth-order valence-corrected chi connectivity index (χ4v) is 2.68. The summed E-state index contributed by atoms with van der Waals surface area (Å²) in [6.07, 6.45) is -0.370. The molecule has 1 fully saturated rings. The van der Waals surface area contributed by atoms with Crippen LogP contribution in [0, 0.1) is 5.82 Å². The molecule has 0 spiro atoms. The molecule has 1 aliphatic heterocycles. The second kappa shape index (κ2) is 6.84. The number of morpholine rings is 1. The summed E-state index contributed by atoms with van der Waals surface area (Å²) in [4.78, 5) is 18.6. The number of nitrogens with two attached hydrogens (primary N) is 1. The summed E-state index contributed by atoms with van der Waals surface area (Å²) in [5, 5.41) is 0. The number of hydrogen-bond acceptors (Lipinski definition) is 5. The zero-order valence-corrected chi connectivity index (χ0v) is 13.2. The topological polar surface area (TPSA) is 77.7 Å². The minimum atomic E-state index is -0.485. The van der Waals surface area contributed by atoms with Gasteiger partial charge in [-0.05, 0) is 30.3 Å². The zero-order valence-electron chi connectivity index (χ0n) is 13.2. The van der Waals surface area contributed by atoms with Crippen molar-refractivity contribution in [2.24, 2.45) is 0 Å². The third-order valence-corrected chi connectivity index (χ3v) is 3.87. The number of pyridine rings is 1. The number of anilines is 1. The number of amides is 1. The van der Waals surface area contributed by atoms with Crippen molar-refractivity contribution in [2.45, 2.75) is 6.10 Å². The Morgan fingerprint density at radius 1 is 1.42 bits per heavy atom. The van der Waals surface area contributed by atoms with E-state index in [0.29, 0.717) is 37.0 Å². The fraction of sp³-hybridized carbons (Fsp3) is 0.294. The lowest BCUT2D eigenvalue weighted by atomic mass is 10.1. The second-order valence-corrected chi connectivity index (χ2v) is 5.44. The van der Waals surface area contributed by atoms with Gasteiger partial charge in [0.1, 0.15) is 23.5 Å². The highest BCUT2D eigenvalue weighted by molar-refractivity contribution is 5.97. The average Bonchev–Trinajstić information content (AvgIpc) is 2.61. The molecule has 24 heavy (non-hydrogen) atoms. The van der Waals surface area contributed by atoms with Crippen molar-refractivity contribution >= 4 is 11.7 Å². The molecular weight excluding hydrogens is 313 g/mol. The van der Waals surface area contributed by atoms with E-state index in [4.69, 9.17) is 15.2 Å². The minimum Gasteiger partial charge on any atom is -0.496 e. The molecule has 6 nitrogen and oxygen atoms in total. The van der Waals surface area contributed by atoms with E-state index >= 15 is 0 Å². The minimum absolute atomic E-state index is 0.193. The van der Waals surface area contributed by atoms with Crippen LogP contribution in [-0.4, -0.2) is 42.6 Å². The molecule has 1 amide bonds. The Morgan fingerprint density at radius 3 is 3.00 bits per heavy atom. The van der Waals surface area contributed by atoms with Gasteiger partial charge >= 0.3 is 0 Å². The molecule has 1 atom stereocenters. The van der Waals surface area contributed by atoms with Gasteiger partial charge in [0, 0.05) is 6.54 Å². The number of ether oxygens (including phenoxy) is 2. The van der Waals surface area contributed by atoms with Crippen LogP contribution in [0.3, 0.4) is 0 Å². The van der Waals surface area contributed by atoms with Gasteiger partial charge in [0.2, 0.25) is 0 Å². The van der Waals surface area contributed by atoms with Gasteiger partial charge in [-0.1, -0.05) is 6.07 Å². The molecule has 1 aromatic carbocycles. The molecule has 3 rings (SSSR count). The normalized spacial score (nSPS) is 17.6. The first-order valence-corrected chi connectivity index (χ1v) is 7.55. The van der Waals surface area contributed by atoms with Gasteiger partial charge < -0.3 is 20.1 Å². The highest BCUT2D eigenvalue weighted by atomic mass is 19.1. The maximum Gasteiger partial charge on any atom is 0.257 e. The van der Waals surface area contributed by atoms with Gasteiger partial charge in [-0.25, -0.2) is 9.37 Å². The maximum absolute atomic E-state index is 13.5. The molecular formula is C17H18FN3O3. The van der Waals surface area contributed by atoms with Crippen molar-refractivity contribution in [1.29, 1.82) is 0 Å². The molecule has 0 saturated carbocycles. The molecule has 2 heterocycles. The summed E-state index contributed by atoms with van der Waals surface area (Å²) < 4.78 is 24.4. The summed E-state index contributed by atoms with van der Waals surface area (Å²) in [5.74, 6) is -0.0529. The number of rotatable bonds is 3. The van der Waals surface area contributed by atoms with Crippen LogP contribution in [-0.2, 0) is 4.74 Å². The number of methoxy groups -OCH3 is 1.